The highest BCUT2D eigenvalue weighted by Gasteiger charge is 2.30. The molecule has 0 bridgehead atoms. The van der Waals surface area contributed by atoms with Gasteiger partial charge in [0.2, 0.25) is 5.91 Å². The van der Waals surface area contributed by atoms with Gasteiger partial charge in [-0.2, -0.15) is 0 Å². The summed E-state index contributed by atoms with van der Waals surface area (Å²) in [5, 5.41) is 0. The predicted octanol–water partition coefficient (Wildman–Crippen LogP) is 0.854. The van der Waals surface area contributed by atoms with Crippen LogP contribution in [0.3, 0.4) is 0 Å². The Morgan fingerprint density at radius 3 is 2.65 bits per heavy atom. The number of nitrogens with zero attached hydrogens (tertiary/aromatic N) is 1. The summed E-state index contributed by atoms with van der Waals surface area (Å²) in [4.78, 5) is 14.1. The maximum absolute atomic E-state index is 11.8. The van der Waals surface area contributed by atoms with E-state index in [1.807, 2.05) is 30.3 Å². The first-order chi connectivity index (χ1) is 8.22. The van der Waals surface area contributed by atoms with E-state index in [0.717, 1.165) is 12.1 Å². The van der Waals surface area contributed by atoms with Gasteiger partial charge in [0.15, 0.2) is 0 Å². The first-order valence-electron chi connectivity index (χ1n) is 5.98. The molecule has 0 radical (unpaired) electrons. The number of nitrogens with two attached hydrogens (primary N) is 1. The summed E-state index contributed by atoms with van der Waals surface area (Å²) in [5.74, 6) is 4.95. The van der Waals surface area contributed by atoms with E-state index in [0.29, 0.717) is 6.04 Å². The lowest BCUT2D eigenvalue weighted by molar-refractivity contribution is -0.123. The van der Waals surface area contributed by atoms with Crippen molar-refractivity contribution in [2.45, 2.75) is 24.8 Å². The fraction of sp³-hybridized carbons (Fsp3) is 0.462. The normalized spacial score (nSPS) is 16.9. The van der Waals surface area contributed by atoms with E-state index in [9.17, 15) is 4.79 Å². The van der Waals surface area contributed by atoms with Crippen LogP contribution in [0.2, 0.25) is 0 Å². The number of amides is 1. The van der Waals surface area contributed by atoms with Crippen LogP contribution >= 0.6 is 0 Å². The van der Waals surface area contributed by atoms with Crippen LogP contribution in [-0.4, -0.2) is 30.4 Å². The third kappa shape index (κ3) is 3.05. The molecular weight excluding hydrogens is 214 g/mol. The standard InChI is InChI=1S/C13H19N3O/c1-16(11-7-8-11)9-12(13(17)15-14)10-5-3-2-4-6-10/h2-6,11-12H,7-9,14H2,1H3,(H,15,17). The molecule has 1 atom stereocenters. The summed E-state index contributed by atoms with van der Waals surface area (Å²) in [5.41, 5.74) is 3.28. The average Bonchev–Trinajstić information content (AvgIpc) is 3.20. The maximum atomic E-state index is 11.8. The molecule has 2 rings (SSSR count). The molecule has 1 aromatic carbocycles. The molecular formula is C13H19N3O. The van der Waals surface area contributed by atoms with Crippen LogP contribution < -0.4 is 11.3 Å². The van der Waals surface area contributed by atoms with Crippen molar-refractivity contribution in [2.75, 3.05) is 13.6 Å². The quantitative estimate of drug-likeness (QED) is 0.450. The highest BCUT2D eigenvalue weighted by atomic mass is 16.2. The van der Waals surface area contributed by atoms with Crippen LogP contribution in [0.15, 0.2) is 30.3 Å². The zero-order valence-electron chi connectivity index (χ0n) is 10.1. The third-order valence-corrected chi connectivity index (χ3v) is 3.30. The van der Waals surface area contributed by atoms with E-state index in [4.69, 9.17) is 5.84 Å². The van der Waals surface area contributed by atoms with Gasteiger partial charge >= 0.3 is 0 Å². The van der Waals surface area contributed by atoms with Gasteiger partial charge in [-0.15, -0.1) is 0 Å². The molecule has 4 nitrogen and oxygen atoms in total. The summed E-state index contributed by atoms with van der Waals surface area (Å²) in [6, 6.07) is 10.4. The lowest BCUT2D eigenvalue weighted by Crippen LogP contribution is -2.40. The van der Waals surface area contributed by atoms with Crippen molar-refractivity contribution in [1.82, 2.24) is 10.3 Å². The number of hydrogen-bond donors (Lipinski definition) is 2. The Bertz CT molecular complexity index is 376. The molecule has 1 aliphatic rings. The third-order valence-electron chi connectivity index (χ3n) is 3.30. The molecule has 0 aromatic heterocycles. The van der Waals surface area contributed by atoms with Crippen molar-refractivity contribution in [3.63, 3.8) is 0 Å². The van der Waals surface area contributed by atoms with E-state index < -0.39 is 0 Å². The minimum absolute atomic E-state index is 0.122. The number of carbonyl (C=O) groups is 1. The molecule has 1 amide bonds. The lowest BCUT2D eigenvalue weighted by Gasteiger charge is -2.22. The molecule has 1 aliphatic carbocycles. The van der Waals surface area contributed by atoms with Crippen molar-refractivity contribution in [2.24, 2.45) is 5.84 Å². The molecule has 0 aliphatic heterocycles. The van der Waals surface area contributed by atoms with Crippen molar-refractivity contribution in [3.8, 4) is 0 Å². The molecule has 0 spiro atoms. The first-order valence-corrected chi connectivity index (χ1v) is 5.98. The second-order valence-corrected chi connectivity index (χ2v) is 4.64. The SMILES string of the molecule is CN(CC(C(=O)NN)c1ccccc1)C1CC1. The number of nitrogens with one attached hydrogen (secondary N) is 1. The highest BCUT2D eigenvalue weighted by Crippen LogP contribution is 2.28. The second kappa shape index (κ2) is 5.29. The van der Waals surface area contributed by atoms with Crippen molar-refractivity contribution >= 4 is 5.91 Å². The molecule has 1 saturated carbocycles. The largest absolute Gasteiger partial charge is 0.302 e. The Kier molecular flexibility index (Phi) is 3.76. The summed E-state index contributed by atoms with van der Waals surface area (Å²) in [6.07, 6.45) is 2.48. The van der Waals surface area contributed by atoms with E-state index >= 15 is 0 Å². The Labute approximate surface area is 102 Å². The number of likely N-dealkylation sites (N-methyl/N-ethyl adjacent to an activating group) is 1. The van der Waals surface area contributed by atoms with Crippen LogP contribution in [0, 0.1) is 0 Å². The number of benzene rings is 1. The molecule has 0 saturated heterocycles. The molecule has 0 heterocycles. The maximum Gasteiger partial charge on any atom is 0.242 e. The zero-order valence-corrected chi connectivity index (χ0v) is 10.1. The Morgan fingerprint density at radius 1 is 1.47 bits per heavy atom. The predicted molar refractivity (Wildman–Crippen MR) is 67.2 cm³/mol. The Hall–Kier alpha value is -1.39. The van der Waals surface area contributed by atoms with Gasteiger partial charge in [-0.1, -0.05) is 30.3 Å². The van der Waals surface area contributed by atoms with Gasteiger partial charge in [-0.3, -0.25) is 10.2 Å². The summed E-state index contributed by atoms with van der Waals surface area (Å²) >= 11 is 0. The lowest BCUT2D eigenvalue weighted by atomic mass is 9.98. The monoisotopic (exact) mass is 233 g/mol. The van der Waals surface area contributed by atoms with Crippen LogP contribution in [0.4, 0.5) is 0 Å². The van der Waals surface area contributed by atoms with Gasteiger partial charge in [0.25, 0.3) is 0 Å². The van der Waals surface area contributed by atoms with E-state index in [1.165, 1.54) is 12.8 Å². The molecule has 3 N–H and O–H groups in total. The average molecular weight is 233 g/mol. The number of rotatable bonds is 5. The fourth-order valence-electron chi connectivity index (χ4n) is 2.08. The van der Waals surface area contributed by atoms with Crippen LogP contribution in [0.1, 0.15) is 24.3 Å². The zero-order chi connectivity index (χ0) is 12.3. The molecule has 1 unspecified atom stereocenters. The Balaban J connectivity index is 2.10. The van der Waals surface area contributed by atoms with Crippen LogP contribution in [0.25, 0.3) is 0 Å². The summed E-state index contributed by atoms with van der Waals surface area (Å²) in [7, 11) is 2.07. The fourth-order valence-corrected chi connectivity index (χ4v) is 2.08. The van der Waals surface area contributed by atoms with Crippen LogP contribution in [0.5, 0.6) is 0 Å². The van der Waals surface area contributed by atoms with E-state index in [2.05, 4.69) is 17.4 Å². The van der Waals surface area contributed by atoms with Crippen molar-refractivity contribution in [3.05, 3.63) is 35.9 Å². The summed E-state index contributed by atoms with van der Waals surface area (Å²) in [6.45, 7) is 0.720. The Morgan fingerprint density at radius 2 is 2.12 bits per heavy atom. The molecule has 4 heteroatoms. The van der Waals surface area contributed by atoms with Crippen molar-refractivity contribution in [1.29, 1.82) is 0 Å². The molecule has 1 fully saturated rings. The number of carbonyl (C=O) groups excluding carboxylic acids is 1. The van der Waals surface area contributed by atoms with Gasteiger partial charge in [0, 0.05) is 12.6 Å². The van der Waals surface area contributed by atoms with Crippen molar-refractivity contribution < 1.29 is 4.79 Å². The topological polar surface area (TPSA) is 58.4 Å². The van der Waals surface area contributed by atoms with E-state index in [1.54, 1.807) is 0 Å². The molecule has 1 aromatic rings. The smallest absolute Gasteiger partial charge is 0.242 e. The van der Waals surface area contributed by atoms with Gasteiger partial charge in [0.1, 0.15) is 0 Å². The van der Waals surface area contributed by atoms with Gasteiger partial charge in [-0.25, -0.2) is 5.84 Å². The minimum Gasteiger partial charge on any atom is -0.302 e. The highest BCUT2D eigenvalue weighted by molar-refractivity contribution is 5.83. The second-order valence-electron chi connectivity index (χ2n) is 4.64. The van der Waals surface area contributed by atoms with Gasteiger partial charge in [0.05, 0.1) is 5.92 Å². The van der Waals surface area contributed by atoms with E-state index in [-0.39, 0.29) is 11.8 Å². The minimum atomic E-state index is -0.188. The van der Waals surface area contributed by atoms with Gasteiger partial charge < -0.3 is 4.90 Å². The number of hydrazine groups is 1. The van der Waals surface area contributed by atoms with Gasteiger partial charge in [-0.05, 0) is 25.5 Å². The summed E-state index contributed by atoms with van der Waals surface area (Å²) < 4.78 is 0. The first kappa shape index (κ1) is 12.1. The molecule has 92 valence electrons. The number of hydrogen-bond acceptors (Lipinski definition) is 3. The van der Waals surface area contributed by atoms with Crippen LogP contribution in [-0.2, 0) is 4.79 Å². The molecule has 17 heavy (non-hydrogen) atoms.